The summed E-state index contributed by atoms with van der Waals surface area (Å²) in [5.41, 5.74) is -0.840. The number of aliphatic hydroxyl groups is 10. The number of aliphatic hydroxyl groups excluding tert-OH is 10. The Morgan fingerprint density at radius 2 is 1.13 bits per heavy atom. The summed E-state index contributed by atoms with van der Waals surface area (Å²) in [6.45, 7) is 5.10. The Hall–Kier alpha value is -2.07. The number of nitrogens with one attached hydrogen (secondary N) is 4. The maximum absolute atomic E-state index is 13.0. The number of rotatable bonds is 25. The molecule has 0 rings (SSSR count). The van der Waals surface area contributed by atoms with E-state index in [-0.39, 0.29) is 31.2 Å². The van der Waals surface area contributed by atoms with Gasteiger partial charge in [0, 0.05) is 38.1 Å². The number of hydrogen-bond acceptors (Lipinski definition) is 15. The smallest absolute Gasteiger partial charge is 0.242 e. The summed E-state index contributed by atoms with van der Waals surface area (Å²) in [4.78, 5) is 38.3. The first-order valence-corrected chi connectivity index (χ1v) is 15.5. The molecule has 1 unspecified atom stereocenters. The van der Waals surface area contributed by atoms with Crippen LogP contribution in [0.5, 0.6) is 0 Å². The summed E-state index contributed by atoms with van der Waals surface area (Å²) in [7, 11) is 1.84. The largest absolute Gasteiger partial charge is 0.394 e. The van der Waals surface area contributed by atoms with Crippen molar-refractivity contribution in [3.63, 3.8) is 0 Å². The Morgan fingerprint density at radius 3 is 1.60 bits per heavy atom. The second-order valence-corrected chi connectivity index (χ2v) is 12.8. The van der Waals surface area contributed by atoms with E-state index < -0.39 is 104 Å². The summed E-state index contributed by atoms with van der Waals surface area (Å²) in [6, 6.07) is -1.33. The number of amides is 3. The molecule has 278 valence electrons. The van der Waals surface area contributed by atoms with Crippen LogP contribution in [0.3, 0.4) is 0 Å². The monoisotopic (exact) mass is 686 g/mol. The maximum Gasteiger partial charge on any atom is 0.242 e. The van der Waals surface area contributed by atoms with Gasteiger partial charge < -0.3 is 77.1 Å². The van der Waals surface area contributed by atoms with Crippen LogP contribution in [0.25, 0.3) is 0 Å². The molecule has 0 aromatic carbocycles. The molecule has 0 spiro atoms. The number of hydrogen-bond donors (Lipinski definition) is 14. The molecule has 0 radical (unpaired) electrons. The maximum atomic E-state index is 13.0. The van der Waals surface area contributed by atoms with E-state index in [4.69, 9.17) is 14.9 Å². The van der Waals surface area contributed by atoms with Crippen molar-refractivity contribution in [2.24, 2.45) is 0 Å². The Bertz CT molecular complexity index is 927. The highest BCUT2D eigenvalue weighted by Crippen LogP contribution is 2.19. The molecule has 0 saturated carbocycles. The SMILES string of the molecule is CNC(C)(C)CCOC(C)(C)CCC(=O)NC(CCC(=O)NC[C@H](O)[C@@H](O)[C@H](O)[C@H](O)CO)C(=O)NC[C@H](O)[C@@H](O)[C@H](O)[C@H](O)CO. The third kappa shape index (κ3) is 17.8. The minimum Gasteiger partial charge on any atom is -0.394 e. The molecule has 0 aliphatic carbocycles. The first-order chi connectivity index (χ1) is 21.7. The van der Waals surface area contributed by atoms with Crippen LogP contribution in [0.4, 0.5) is 0 Å². The number of carbonyl (C=O) groups excluding carboxylic acids is 3. The molecule has 14 N–H and O–H groups in total. The molecule has 0 bridgehead atoms. The minimum atomic E-state index is -1.95. The molecular formula is C29H58N4O14. The topological polar surface area (TPSA) is 311 Å². The van der Waals surface area contributed by atoms with Crippen molar-refractivity contribution in [1.29, 1.82) is 0 Å². The highest BCUT2D eigenvalue weighted by atomic mass is 16.5. The normalized spacial score (nSPS) is 18.2. The second-order valence-electron chi connectivity index (χ2n) is 12.8. The van der Waals surface area contributed by atoms with Gasteiger partial charge in [-0.3, -0.25) is 14.4 Å². The molecule has 0 aromatic rings. The number of carbonyl (C=O) groups is 3. The molecule has 0 fully saturated rings. The van der Waals surface area contributed by atoms with Crippen molar-refractivity contribution in [2.75, 3.05) is 40.0 Å². The van der Waals surface area contributed by atoms with Crippen LogP contribution in [-0.4, -0.2) is 175 Å². The second kappa shape index (κ2) is 21.8. The van der Waals surface area contributed by atoms with Crippen LogP contribution in [0.15, 0.2) is 0 Å². The zero-order chi connectivity index (χ0) is 36.5. The molecule has 18 heteroatoms. The van der Waals surface area contributed by atoms with Crippen molar-refractivity contribution in [3.05, 3.63) is 0 Å². The van der Waals surface area contributed by atoms with Crippen LogP contribution >= 0.6 is 0 Å². The molecule has 0 aliphatic heterocycles. The van der Waals surface area contributed by atoms with Gasteiger partial charge in [-0.2, -0.15) is 0 Å². The van der Waals surface area contributed by atoms with Gasteiger partial charge in [0.1, 0.15) is 42.7 Å². The highest BCUT2D eigenvalue weighted by Gasteiger charge is 2.32. The molecule has 0 saturated heterocycles. The van der Waals surface area contributed by atoms with Gasteiger partial charge in [0.05, 0.1) is 31.0 Å². The third-order valence-corrected chi connectivity index (χ3v) is 7.81. The van der Waals surface area contributed by atoms with E-state index in [1.807, 2.05) is 34.7 Å². The first kappa shape index (κ1) is 44.9. The third-order valence-electron chi connectivity index (χ3n) is 7.81. The van der Waals surface area contributed by atoms with E-state index in [1.54, 1.807) is 0 Å². The van der Waals surface area contributed by atoms with Gasteiger partial charge in [0.15, 0.2) is 0 Å². The molecule has 0 heterocycles. The molecule has 0 aromatic heterocycles. The van der Waals surface area contributed by atoms with Gasteiger partial charge in [0.2, 0.25) is 17.7 Å². The van der Waals surface area contributed by atoms with E-state index in [0.717, 1.165) is 0 Å². The van der Waals surface area contributed by atoms with Gasteiger partial charge in [-0.1, -0.05) is 0 Å². The zero-order valence-corrected chi connectivity index (χ0v) is 27.9. The van der Waals surface area contributed by atoms with Gasteiger partial charge >= 0.3 is 0 Å². The number of ether oxygens (including phenoxy) is 1. The van der Waals surface area contributed by atoms with Crippen LogP contribution in [0.2, 0.25) is 0 Å². The van der Waals surface area contributed by atoms with E-state index in [1.165, 1.54) is 0 Å². The highest BCUT2D eigenvalue weighted by molar-refractivity contribution is 5.88. The van der Waals surface area contributed by atoms with Gasteiger partial charge in [-0.25, -0.2) is 0 Å². The summed E-state index contributed by atoms with van der Waals surface area (Å²) in [6.07, 6.45) is -14.4. The minimum absolute atomic E-state index is 0.0585. The Kier molecular flexibility index (Phi) is 20.8. The lowest BCUT2D eigenvalue weighted by molar-refractivity contribution is -0.132. The van der Waals surface area contributed by atoms with Gasteiger partial charge in [0.25, 0.3) is 0 Å². The quantitative estimate of drug-likeness (QED) is 0.0426. The molecule has 47 heavy (non-hydrogen) atoms. The fourth-order valence-electron chi connectivity index (χ4n) is 4.01. The lowest BCUT2D eigenvalue weighted by atomic mass is 9.99. The first-order valence-electron chi connectivity index (χ1n) is 15.5. The lowest BCUT2D eigenvalue weighted by Gasteiger charge is -2.29. The summed E-state index contributed by atoms with van der Waals surface area (Å²) in [5.74, 6) is -2.15. The Labute approximate surface area is 275 Å². The van der Waals surface area contributed by atoms with Crippen LogP contribution < -0.4 is 21.3 Å². The van der Waals surface area contributed by atoms with Crippen LogP contribution in [0, 0.1) is 0 Å². The Balaban J connectivity index is 5.35. The van der Waals surface area contributed by atoms with Crippen molar-refractivity contribution in [1.82, 2.24) is 21.3 Å². The van der Waals surface area contributed by atoms with Crippen LogP contribution in [0.1, 0.15) is 59.8 Å². The molecule has 18 nitrogen and oxygen atoms in total. The predicted octanol–water partition coefficient (Wildman–Crippen LogP) is -5.68. The van der Waals surface area contributed by atoms with Crippen molar-refractivity contribution < 1.29 is 70.2 Å². The zero-order valence-electron chi connectivity index (χ0n) is 27.9. The van der Waals surface area contributed by atoms with Crippen LogP contribution in [-0.2, 0) is 19.1 Å². The molecule has 0 aliphatic rings. The van der Waals surface area contributed by atoms with Gasteiger partial charge in [-0.05, 0) is 54.0 Å². The van der Waals surface area contributed by atoms with E-state index in [9.17, 15) is 55.2 Å². The van der Waals surface area contributed by atoms with Crippen molar-refractivity contribution in [3.8, 4) is 0 Å². The molecule has 3 amide bonds. The van der Waals surface area contributed by atoms with Crippen molar-refractivity contribution in [2.45, 2.75) is 126 Å². The Morgan fingerprint density at radius 1 is 0.660 bits per heavy atom. The van der Waals surface area contributed by atoms with E-state index in [0.29, 0.717) is 13.0 Å². The predicted molar refractivity (Wildman–Crippen MR) is 166 cm³/mol. The van der Waals surface area contributed by atoms with E-state index >= 15 is 0 Å². The molecule has 9 atom stereocenters. The summed E-state index contributed by atoms with van der Waals surface area (Å²) in [5, 5.41) is 107. The lowest BCUT2D eigenvalue weighted by Crippen LogP contribution is -2.53. The fraction of sp³-hybridized carbons (Fsp3) is 0.897. The average molecular weight is 687 g/mol. The van der Waals surface area contributed by atoms with Gasteiger partial charge in [-0.15, -0.1) is 0 Å². The van der Waals surface area contributed by atoms with E-state index in [2.05, 4.69) is 21.3 Å². The van der Waals surface area contributed by atoms with Crippen molar-refractivity contribution >= 4 is 17.7 Å². The standard InChI is InChI=1S/C29H58N4O14/c1-28(2,30-5)10-11-47-29(3,4)9-8-22(41)33-16(27(46)32-13-18(37)24(43)26(45)20(39)15-35)6-7-21(40)31-12-17(36)23(42)25(44)19(38)14-34/h16-20,23-26,30,34-39,42-45H,6-15H2,1-5H3,(H,31,40)(H,32,46)(H,33,41)/t16?,17-,18-,19+,20+,23+,24+,25+,26+/m0/s1. The summed E-state index contributed by atoms with van der Waals surface area (Å²) < 4.78 is 5.94. The molecular weight excluding hydrogens is 628 g/mol. The summed E-state index contributed by atoms with van der Waals surface area (Å²) >= 11 is 0. The fourth-order valence-corrected chi connectivity index (χ4v) is 4.01. The average Bonchev–Trinajstić information content (AvgIpc) is 3.04.